The number of likely N-dealkylation sites (N-methyl/N-ethyl adjacent to an activating group) is 1. The van der Waals surface area contributed by atoms with E-state index in [0.717, 1.165) is 30.4 Å². The molecule has 8 nitrogen and oxygen atoms in total. The Hall–Kier alpha value is -1.61. The molecule has 0 aliphatic carbocycles. The standard InChI is InChI=1S/C16H24BrN5O3/c1-20(16(23)21-6-8-25-9-7-21)12-4-3-5-22(11-12)15-18-10-13(17)14(19-15)24-2/h10,12H,3-9,11H2,1-2H3. The maximum atomic E-state index is 12.7. The van der Waals surface area contributed by atoms with Gasteiger partial charge in [0.25, 0.3) is 0 Å². The largest absolute Gasteiger partial charge is 0.480 e. The monoisotopic (exact) mass is 413 g/mol. The number of hydrogen-bond donors (Lipinski definition) is 0. The van der Waals surface area contributed by atoms with E-state index in [2.05, 4.69) is 30.8 Å². The Kier molecular flexibility index (Phi) is 5.95. The molecule has 3 rings (SSSR count). The van der Waals surface area contributed by atoms with Crippen LogP contribution in [0.4, 0.5) is 10.7 Å². The highest BCUT2D eigenvalue weighted by atomic mass is 79.9. The van der Waals surface area contributed by atoms with Gasteiger partial charge in [-0.25, -0.2) is 9.78 Å². The van der Waals surface area contributed by atoms with Crippen molar-refractivity contribution in [2.24, 2.45) is 0 Å². The number of urea groups is 1. The topological polar surface area (TPSA) is 71.0 Å². The smallest absolute Gasteiger partial charge is 0.320 e. The number of rotatable bonds is 3. The highest BCUT2D eigenvalue weighted by Gasteiger charge is 2.30. The van der Waals surface area contributed by atoms with E-state index < -0.39 is 0 Å². The summed E-state index contributed by atoms with van der Waals surface area (Å²) in [5, 5.41) is 0. The summed E-state index contributed by atoms with van der Waals surface area (Å²) in [6.07, 6.45) is 3.68. The predicted octanol–water partition coefficient (Wildman–Crippen LogP) is 1.60. The molecule has 2 aliphatic rings. The van der Waals surface area contributed by atoms with E-state index in [-0.39, 0.29) is 12.1 Å². The van der Waals surface area contributed by atoms with E-state index in [1.54, 1.807) is 13.3 Å². The minimum Gasteiger partial charge on any atom is -0.480 e. The molecule has 2 aliphatic heterocycles. The first-order valence-corrected chi connectivity index (χ1v) is 9.30. The second-order valence-corrected chi connectivity index (χ2v) is 7.12. The van der Waals surface area contributed by atoms with Gasteiger partial charge in [-0.3, -0.25) is 0 Å². The zero-order chi connectivity index (χ0) is 17.8. The zero-order valence-corrected chi connectivity index (χ0v) is 16.2. The zero-order valence-electron chi connectivity index (χ0n) is 14.7. The Morgan fingerprint density at radius 3 is 2.88 bits per heavy atom. The summed E-state index contributed by atoms with van der Waals surface area (Å²) in [6, 6.07) is 0.215. The van der Waals surface area contributed by atoms with E-state index in [1.165, 1.54) is 0 Å². The maximum absolute atomic E-state index is 12.7. The fraction of sp³-hybridized carbons (Fsp3) is 0.688. The molecule has 0 aromatic carbocycles. The number of carbonyl (C=O) groups is 1. The summed E-state index contributed by atoms with van der Waals surface area (Å²) in [6.45, 7) is 4.14. The van der Waals surface area contributed by atoms with Gasteiger partial charge in [-0.15, -0.1) is 0 Å². The average Bonchev–Trinajstić information content (AvgIpc) is 2.68. The second kappa shape index (κ2) is 8.18. The van der Waals surface area contributed by atoms with Crippen molar-refractivity contribution < 1.29 is 14.3 Å². The molecule has 9 heteroatoms. The fourth-order valence-electron chi connectivity index (χ4n) is 3.22. The lowest BCUT2D eigenvalue weighted by atomic mass is 10.1. The van der Waals surface area contributed by atoms with Crippen LogP contribution in [-0.2, 0) is 4.74 Å². The van der Waals surface area contributed by atoms with Gasteiger partial charge >= 0.3 is 6.03 Å². The van der Waals surface area contributed by atoms with Crippen molar-refractivity contribution in [1.29, 1.82) is 0 Å². The molecule has 0 N–H and O–H groups in total. The van der Waals surface area contributed by atoms with E-state index in [9.17, 15) is 4.79 Å². The molecule has 138 valence electrons. The molecule has 1 unspecified atom stereocenters. The van der Waals surface area contributed by atoms with Crippen LogP contribution in [0, 0.1) is 0 Å². The summed E-state index contributed by atoms with van der Waals surface area (Å²) >= 11 is 3.38. The molecule has 0 spiro atoms. The third kappa shape index (κ3) is 4.14. The highest BCUT2D eigenvalue weighted by Crippen LogP contribution is 2.26. The SMILES string of the molecule is COc1nc(N2CCCC(N(C)C(=O)N3CCOCC3)C2)ncc1Br. The van der Waals surface area contributed by atoms with Crippen molar-refractivity contribution >= 4 is 27.9 Å². The van der Waals surface area contributed by atoms with Gasteiger partial charge in [0, 0.05) is 33.2 Å². The molecule has 0 radical (unpaired) electrons. The molecule has 25 heavy (non-hydrogen) atoms. The van der Waals surface area contributed by atoms with Gasteiger partial charge in [-0.1, -0.05) is 0 Å². The van der Waals surface area contributed by atoms with Crippen LogP contribution in [0.2, 0.25) is 0 Å². The van der Waals surface area contributed by atoms with Crippen LogP contribution in [0.15, 0.2) is 10.7 Å². The Morgan fingerprint density at radius 1 is 1.40 bits per heavy atom. The molecule has 1 aromatic heterocycles. The lowest BCUT2D eigenvalue weighted by Gasteiger charge is -2.40. The van der Waals surface area contributed by atoms with Crippen LogP contribution >= 0.6 is 15.9 Å². The lowest BCUT2D eigenvalue weighted by molar-refractivity contribution is 0.0413. The van der Waals surface area contributed by atoms with Gasteiger partial charge in [-0.2, -0.15) is 4.98 Å². The molecule has 0 saturated carbocycles. The summed E-state index contributed by atoms with van der Waals surface area (Å²) in [5.74, 6) is 1.15. The Labute approximate surface area is 156 Å². The number of piperidine rings is 1. The number of halogens is 1. The molecule has 1 aromatic rings. The third-order valence-corrected chi connectivity index (χ3v) is 5.25. The van der Waals surface area contributed by atoms with Gasteiger partial charge in [0.15, 0.2) is 0 Å². The van der Waals surface area contributed by atoms with Crippen molar-refractivity contribution in [2.75, 3.05) is 58.5 Å². The van der Waals surface area contributed by atoms with Crippen molar-refractivity contribution in [3.63, 3.8) is 0 Å². The highest BCUT2D eigenvalue weighted by molar-refractivity contribution is 9.10. The Bertz CT molecular complexity index is 611. The fourth-order valence-corrected chi connectivity index (χ4v) is 3.58. The summed E-state index contributed by atoms with van der Waals surface area (Å²) < 4.78 is 11.3. The number of anilines is 1. The van der Waals surface area contributed by atoms with Crippen molar-refractivity contribution in [3.8, 4) is 5.88 Å². The van der Waals surface area contributed by atoms with E-state index in [1.807, 2.05) is 16.8 Å². The van der Waals surface area contributed by atoms with Crippen molar-refractivity contribution in [2.45, 2.75) is 18.9 Å². The number of amides is 2. The first kappa shape index (κ1) is 18.2. The third-order valence-electron chi connectivity index (χ3n) is 4.70. The number of ether oxygens (including phenoxy) is 2. The lowest BCUT2D eigenvalue weighted by Crippen LogP contribution is -2.54. The second-order valence-electron chi connectivity index (χ2n) is 6.26. The maximum Gasteiger partial charge on any atom is 0.320 e. The summed E-state index contributed by atoms with van der Waals surface area (Å²) in [7, 11) is 3.47. The minimum atomic E-state index is 0.0736. The van der Waals surface area contributed by atoms with Gasteiger partial charge in [0.05, 0.1) is 37.0 Å². The molecular formula is C16H24BrN5O3. The van der Waals surface area contributed by atoms with Crippen LogP contribution in [0.5, 0.6) is 5.88 Å². The average molecular weight is 414 g/mol. The van der Waals surface area contributed by atoms with Crippen LogP contribution in [-0.4, -0.2) is 85.4 Å². The molecule has 2 amide bonds. The van der Waals surface area contributed by atoms with Gasteiger partial charge < -0.3 is 24.2 Å². The number of aromatic nitrogens is 2. The number of carbonyl (C=O) groups excluding carboxylic acids is 1. The summed E-state index contributed by atoms with van der Waals surface area (Å²) in [5.41, 5.74) is 0. The van der Waals surface area contributed by atoms with Crippen LogP contribution in [0.3, 0.4) is 0 Å². The van der Waals surface area contributed by atoms with Gasteiger partial charge in [0.2, 0.25) is 11.8 Å². The number of morpholine rings is 1. The minimum absolute atomic E-state index is 0.0736. The van der Waals surface area contributed by atoms with Gasteiger partial charge in [-0.05, 0) is 28.8 Å². The molecular weight excluding hydrogens is 390 g/mol. The van der Waals surface area contributed by atoms with Crippen molar-refractivity contribution in [1.82, 2.24) is 19.8 Å². The number of nitrogens with zero attached hydrogens (tertiary/aromatic N) is 5. The first-order valence-electron chi connectivity index (χ1n) is 8.51. The summed E-state index contributed by atoms with van der Waals surface area (Å²) in [4.78, 5) is 27.4. The number of methoxy groups -OCH3 is 1. The molecule has 2 saturated heterocycles. The Morgan fingerprint density at radius 2 is 2.16 bits per heavy atom. The van der Waals surface area contributed by atoms with E-state index in [0.29, 0.717) is 38.1 Å². The van der Waals surface area contributed by atoms with Crippen LogP contribution in [0.1, 0.15) is 12.8 Å². The Balaban J connectivity index is 1.67. The number of hydrogen-bond acceptors (Lipinski definition) is 6. The molecule has 0 bridgehead atoms. The van der Waals surface area contributed by atoms with Gasteiger partial charge in [0.1, 0.15) is 0 Å². The normalized spacial score (nSPS) is 21.2. The first-order chi connectivity index (χ1) is 12.1. The van der Waals surface area contributed by atoms with E-state index in [4.69, 9.17) is 9.47 Å². The van der Waals surface area contributed by atoms with E-state index >= 15 is 0 Å². The predicted molar refractivity (Wildman–Crippen MR) is 97.1 cm³/mol. The molecule has 1 atom stereocenters. The quantitative estimate of drug-likeness (QED) is 0.749. The van der Waals surface area contributed by atoms with Crippen molar-refractivity contribution in [3.05, 3.63) is 10.7 Å². The van der Waals surface area contributed by atoms with Crippen LogP contribution < -0.4 is 9.64 Å². The molecule has 2 fully saturated rings. The van der Waals surface area contributed by atoms with Crippen LogP contribution in [0.25, 0.3) is 0 Å². The molecule has 3 heterocycles.